The third kappa shape index (κ3) is 3.39. The van der Waals surface area contributed by atoms with Crippen LogP contribution in [0.4, 0.5) is 5.69 Å². The van der Waals surface area contributed by atoms with Crippen LogP contribution in [0, 0.1) is 10.1 Å². The zero-order valence-electron chi connectivity index (χ0n) is 12.1. The van der Waals surface area contributed by atoms with Gasteiger partial charge < -0.3 is 5.11 Å². The van der Waals surface area contributed by atoms with E-state index >= 15 is 0 Å². The van der Waals surface area contributed by atoms with Crippen molar-refractivity contribution in [2.45, 2.75) is 44.7 Å². The molecule has 0 amide bonds. The summed E-state index contributed by atoms with van der Waals surface area (Å²) >= 11 is 0. The normalized spacial score (nSPS) is 20.9. The Kier molecular flexibility index (Phi) is 4.90. The van der Waals surface area contributed by atoms with Gasteiger partial charge in [0.1, 0.15) is 6.04 Å². The number of benzene rings is 1. The number of hydrogen-bond acceptors (Lipinski definition) is 4. The lowest BCUT2D eigenvalue weighted by Gasteiger charge is -2.39. The number of aliphatic carboxylic acids is 1. The van der Waals surface area contributed by atoms with E-state index in [1.165, 1.54) is 6.07 Å². The molecule has 1 aliphatic rings. The molecule has 2 unspecified atom stereocenters. The van der Waals surface area contributed by atoms with Gasteiger partial charge in [-0.15, -0.1) is 0 Å². The molecule has 1 aliphatic heterocycles. The molecule has 2 atom stereocenters. The highest BCUT2D eigenvalue weighted by atomic mass is 16.6. The van der Waals surface area contributed by atoms with Crippen LogP contribution in [0.1, 0.15) is 44.2 Å². The third-order valence-corrected chi connectivity index (χ3v) is 4.08. The first-order chi connectivity index (χ1) is 10.0. The maximum absolute atomic E-state index is 11.4. The molecule has 1 fully saturated rings. The molecule has 1 aromatic carbocycles. The fraction of sp³-hybridized carbons (Fsp3) is 0.533. The Morgan fingerprint density at radius 3 is 2.90 bits per heavy atom. The smallest absolute Gasteiger partial charge is 0.320 e. The van der Waals surface area contributed by atoms with Gasteiger partial charge in [0.2, 0.25) is 0 Å². The van der Waals surface area contributed by atoms with Crippen molar-refractivity contribution < 1.29 is 14.8 Å². The monoisotopic (exact) mass is 292 g/mol. The van der Waals surface area contributed by atoms with Gasteiger partial charge in [-0.05, 0) is 31.4 Å². The first kappa shape index (κ1) is 15.4. The molecular formula is C15H20N2O4. The molecule has 1 N–H and O–H groups in total. The molecule has 0 aromatic heterocycles. The molecule has 1 heterocycles. The quantitative estimate of drug-likeness (QED) is 0.666. The number of likely N-dealkylation sites (tertiary alicyclic amines) is 1. The molecule has 114 valence electrons. The second-order valence-corrected chi connectivity index (χ2v) is 5.36. The minimum atomic E-state index is -0.807. The van der Waals surface area contributed by atoms with E-state index < -0.39 is 16.9 Å². The lowest BCUT2D eigenvalue weighted by Crippen LogP contribution is -2.46. The Balaban J connectivity index is 2.31. The first-order valence-electron chi connectivity index (χ1n) is 7.27. The minimum absolute atomic E-state index is 0.0508. The summed E-state index contributed by atoms with van der Waals surface area (Å²) in [4.78, 5) is 23.9. The van der Waals surface area contributed by atoms with Crippen LogP contribution in [-0.4, -0.2) is 33.5 Å². The standard InChI is InChI=1S/C15H20N2O4/c1-2-13(11-6-5-7-12(10-11)17(20)21)16-9-4-3-8-14(16)15(18)19/h5-7,10,13-14H,2-4,8-9H2,1H3,(H,18,19). The molecule has 2 rings (SSSR count). The van der Waals surface area contributed by atoms with E-state index in [1.807, 2.05) is 17.9 Å². The predicted molar refractivity (Wildman–Crippen MR) is 78.1 cm³/mol. The Bertz CT molecular complexity index is 532. The zero-order valence-corrected chi connectivity index (χ0v) is 12.1. The highest BCUT2D eigenvalue weighted by molar-refractivity contribution is 5.73. The number of nitrogens with zero attached hydrogens (tertiary/aromatic N) is 2. The molecular weight excluding hydrogens is 272 g/mol. The number of piperidine rings is 1. The van der Waals surface area contributed by atoms with Gasteiger partial charge in [0.05, 0.1) is 4.92 Å². The fourth-order valence-electron chi connectivity index (χ4n) is 3.10. The second kappa shape index (κ2) is 6.67. The molecule has 1 saturated heterocycles. The summed E-state index contributed by atoms with van der Waals surface area (Å²) in [5.41, 5.74) is 0.870. The molecule has 6 nitrogen and oxygen atoms in total. The van der Waals surface area contributed by atoms with Gasteiger partial charge in [-0.25, -0.2) is 0 Å². The summed E-state index contributed by atoms with van der Waals surface area (Å²) in [7, 11) is 0. The lowest BCUT2D eigenvalue weighted by molar-refractivity contribution is -0.385. The summed E-state index contributed by atoms with van der Waals surface area (Å²) < 4.78 is 0. The van der Waals surface area contributed by atoms with Crippen LogP contribution in [0.15, 0.2) is 24.3 Å². The number of nitro benzene ring substituents is 1. The van der Waals surface area contributed by atoms with Gasteiger partial charge in [-0.1, -0.05) is 25.5 Å². The Morgan fingerprint density at radius 1 is 1.52 bits per heavy atom. The average molecular weight is 292 g/mol. The molecule has 0 bridgehead atoms. The van der Waals surface area contributed by atoms with Crippen molar-refractivity contribution >= 4 is 11.7 Å². The van der Waals surface area contributed by atoms with Gasteiger partial charge in [-0.3, -0.25) is 19.8 Å². The highest BCUT2D eigenvalue weighted by Crippen LogP contribution is 2.32. The largest absolute Gasteiger partial charge is 0.480 e. The van der Waals surface area contributed by atoms with Gasteiger partial charge in [-0.2, -0.15) is 0 Å². The number of carboxylic acids is 1. The van der Waals surface area contributed by atoms with Crippen LogP contribution in [0.3, 0.4) is 0 Å². The third-order valence-electron chi connectivity index (χ3n) is 4.08. The number of hydrogen-bond donors (Lipinski definition) is 1. The van der Waals surface area contributed by atoms with Crippen LogP contribution >= 0.6 is 0 Å². The molecule has 0 radical (unpaired) electrons. The maximum Gasteiger partial charge on any atom is 0.320 e. The topological polar surface area (TPSA) is 83.7 Å². The SMILES string of the molecule is CCC(c1cccc([N+](=O)[O-])c1)N1CCCCC1C(=O)O. The fourth-order valence-corrected chi connectivity index (χ4v) is 3.10. The number of carboxylic acid groups (broad SMARTS) is 1. The van der Waals surface area contributed by atoms with E-state index in [1.54, 1.807) is 12.1 Å². The van der Waals surface area contributed by atoms with Gasteiger partial charge in [0.15, 0.2) is 0 Å². The molecule has 0 saturated carbocycles. The summed E-state index contributed by atoms with van der Waals surface area (Å²) in [5.74, 6) is -0.807. The van der Waals surface area contributed by atoms with Crippen molar-refractivity contribution in [1.29, 1.82) is 0 Å². The zero-order chi connectivity index (χ0) is 15.4. The second-order valence-electron chi connectivity index (χ2n) is 5.36. The minimum Gasteiger partial charge on any atom is -0.480 e. The number of rotatable bonds is 5. The van der Waals surface area contributed by atoms with Crippen LogP contribution < -0.4 is 0 Å². The van der Waals surface area contributed by atoms with Crippen molar-refractivity contribution in [2.24, 2.45) is 0 Å². The number of non-ortho nitro benzene ring substituents is 1. The summed E-state index contributed by atoms with van der Waals surface area (Å²) in [6, 6.07) is 5.93. The van der Waals surface area contributed by atoms with Crippen molar-refractivity contribution in [1.82, 2.24) is 4.90 Å². The van der Waals surface area contributed by atoms with Crippen LogP contribution in [0.5, 0.6) is 0 Å². The van der Waals surface area contributed by atoms with Gasteiger partial charge >= 0.3 is 5.97 Å². The molecule has 6 heteroatoms. The first-order valence-corrected chi connectivity index (χ1v) is 7.27. The van der Waals surface area contributed by atoms with Crippen molar-refractivity contribution in [3.05, 3.63) is 39.9 Å². The lowest BCUT2D eigenvalue weighted by atomic mass is 9.94. The van der Waals surface area contributed by atoms with Crippen LogP contribution in [0.2, 0.25) is 0 Å². The van der Waals surface area contributed by atoms with E-state index in [0.717, 1.165) is 31.4 Å². The number of nitro groups is 1. The Morgan fingerprint density at radius 2 is 2.29 bits per heavy atom. The van der Waals surface area contributed by atoms with E-state index in [2.05, 4.69) is 0 Å². The summed E-state index contributed by atoms with van der Waals surface area (Å²) in [6.45, 7) is 2.70. The van der Waals surface area contributed by atoms with E-state index in [0.29, 0.717) is 6.42 Å². The van der Waals surface area contributed by atoms with Crippen molar-refractivity contribution in [3.63, 3.8) is 0 Å². The highest BCUT2D eigenvalue weighted by Gasteiger charge is 2.33. The van der Waals surface area contributed by atoms with Gasteiger partial charge in [0.25, 0.3) is 5.69 Å². The van der Waals surface area contributed by atoms with Crippen LogP contribution in [0.25, 0.3) is 0 Å². The Hall–Kier alpha value is -1.95. The van der Waals surface area contributed by atoms with E-state index in [9.17, 15) is 20.0 Å². The summed E-state index contributed by atoms with van der Waals surface area (Å²) in [5, 5.41) is 20.3. The maximum atomic E-state index is 11.4. The van der Waals surface area contributed by atoms with Crippen molar-refractivity contribution in [3.8, 4) is 0 Å². The molecule has 21 heavy (non-hydrogen) atoms. The van der Waals surface area contributed by atoms with E-state index in [-0.39, 0.29) is 11.7 Å². The van der Waals surface area contributed by atoms with Crippen LogP contribution in [-0.2, 0) is 4.79 Å². The van der Waals surface area contributed by atoms with E-state index in [4.69, 9.17) is 0 Å². The summed E-state index contributed by atoms with van der Waals surface area (Å²) in [6.07, 6.45) is 3.25. The average Bonchev–Trinajstić information content (AvgIpc) is 2.48. The molecule has 0 spiro atoms. The Labute approximate surface area is 123 Å². The number of carbonyl (C=O) groups is 1. The molecule has 0 aliphatic carbocycles. The van der Waals surface area contributed by atoms with Gasteiger partial charge in [0, 0.05) is 18.2 Å². The molecule has 1 aromatic rings. The predicted octanol–water partition coefficient (Wildman–Crippen LogP) is 2.99. The van der Waals surface area contributed by atoms with Crippen molar-refractivity contribution in [2.75, 3.05) is 6.54 Å².